The minimum Gasteiger partial charge on any atom is -0.494 e. The van der Waals surface area contributed by atoms with Gasteiger partial charge in [-0.3, -0.25) is 0 Å². The molecule has 0 saturated carbocycles. The van der Waals surface area contributed by atoms with Gasteiger partial charge in [0.2, 0.25) is 0 Å². The van der Waals surface area contributed by atoms with Gasteiger partial charge in [0.25, 0.3) is 0 Å². The Balaban J connectivity index is 2.56. The van der Waals surface area contributed by atoms with Crippen molar-refractivity contribution in [2.45, 2.75) is 33.6 Å². The molecule has 0 aromatic rings. The highest BCUT2D eigenvalue weighted by molar-refractivity contribution is 5.87. The van der Waals surface area contributed by atoms with Gasteiger partial charge in [0.1, 0.15) is 6.61 Å². The summed E-state index contributed by atoms with van der Waals surface area (Å²) in [6, 6.07) is 0. The molecule has 1 aliphatic rings. The van der Waals surface area contributed by atoms with Crippen molar-refractivity contribution >= 4 is 5.97 Å². The highest BCUT2D eigenvalue weighted by atomic mass is 16.5. The second-order valence-electron chi connectivity index (χ2n) is 4.91. The lowest BCUT2D eigenvalue weighted by Gasteiger charge is -2.09. The van der Waals surface area contributed by atoms with Gasteiger partial charge in [0.15, 0.2) is 0 Å². The van der Waals surface area contributed by atoms with Crippen LogP contribution in [0.15, 0.2) is 47.3 Å². The number of allylic oxidation sites excluding steroid dienone is 5. The standard InChI is InChI=1S/C16H22O3/c1-12(2)15(16(17)18)10-9-13(3)19-11-14-7-5-4-6-8-14/h5,7-10,12H,4,6,11H2,1-3H3,(H,17,18)/b13-9+,15-10+. The van der Waals surface area contributed by atoms with E-state index in [0.717, 1.165) is 18.6 Å². The number of carbonyl (C=O) groups is 1. The summed E-state index contributed by atoms with van der Waals surface area (Å²) in [6.07, 6.45) is 11.9. The zero-order valence-electron chi connectivity index (χ0n) is 11.8. The second kappa shape index (κ2) is 7.62. The van der Waals surface area contributed by atoms with Crippen LogP contribution in [0.4, 0.5) is 0 Å². The van der Waals surface area contributed by atoms with Crippen LogP contribution in [0.1, 0.15) is 33.6 Å². The Bertz CT molecular complexity index is 437. The van der Waals surface area contributed by atoms with Crippen LogP contribution in [-0.2, 0) is 9.53 Å². The fourth-order valence-electron chi connectivity index (χ4n) is 1.74. The summed E-state index contributed by atoms with van der Waals surface area (Å²) < 4.78 is 5.60. The molecule has 0 aliphatic heterocycles. The van der Waals surface area contributed by atoms with Gasteiger partial charge in [0, 0.05) is 5.57 Å². The normalized spacial score (nSPS) is 16.5. The fraction of sp³-hybridized carbons (Fsp3) is 0.438. The van der Waals surface area contributed by atoms with E-state index in [1.807, 2.05) is 20.8 Å². The van der Waals surface area contributed by atoms with Crippen LogP contribution >= 0.6 is 0 Å². The van der Waals surface area contributed by atoms with Crippen molar-refractivity contribution in [3.8, 4) is 0 Å². The molecule has 0 unspecified atom stereocenters. The zero-order chi connectivity index (χ0) is 14.3. The lowest BCUT2D eigenvalue weighted by atomic mass is 10.0. The number of carboxylic acid groups (broad SMARTS) is 1. The maximum atomic E-state index is 11.0. The van der Waals surface area contributed by atoms with Gasteiger partial charge in [-0.1, -0.05) is 32.1 Å². The first-order valence-electron chi connectivity index (χ1n) is 6.61. The van der Waals surface area contributed by atoms with Crippen LogP contribution in [0.3, 0.4) is 0 Å². The Morgan fingerprint density at radius 1 is 1.42 bits per heavy atom. The molecule has 19 heavy (non-hydrogen) atoms. The van der Waals surface area contributed by atoms with Crippen molar-refractivity contribution in [3.63, 3.8) is 0 Å². The predicted molar refractivity (Wildman–Crippen MR) is 76.7 cm³/mol. The smallest absolute Gasteiger partial charge is 0.331 e. The van der Waals surface area contributed by atoms with Crippen molar-refractivity contribution in [1.29, 1.82) is 0 Å². The molecule has 0 aromatic heterocycles. The van der Waals surface area contributed by atoms with Crippen LogP contribution in [0.2, 0.25) is 0 Å². The van der Waals surface area contributed by atoms with Crippen molar-refractivity contribution in [3.05, 3.63) is 47.3 Å². The lowest BCUT2D eigenvalue weighted by Crippen LogP contribution is -2.06. The molecule has 104 valence electrons. The summed E-state index contributed by atoms with van der Waals surface area (Å²) in [6.45, 7) is 6.10. The molecule has 0 heterocycles. The quantitative estimate of drug-likeness (QED) is 0.449. The molecular weight excluding hydrogens is 240 g/mol. The maximum Gasteiger partial charge on any atom is 0.331 e. The van der Waals surface area contributed by atoms with Crippen LogP contribution < -0.4 is 0 Å². The molecule has 0 fully saturated rings. The molecule has 0 saturated heterocycles. The first kappa shape index (κ1) is 15.3. The monoisotopic (exact) mass is 262 g/mol. The minimum atomic E-state index is -0.878. The molecular formula is C16H22O3. The van der Waals surface area contributed by atoms with Gasteiger partial charge >= 0.3 is 5.97 Å². The van der Waals surface area contributed by atoms with Crippen molar-refractivity contribution in [1.82, 2.24) is 0 Å². The number of carboxylic acids is 1. The molecule has 0 radical (unpaired) electrons. The highest BCUT2D eigenvalue weighted by Crippen LogP contribution is 2.13. The Labute approximate surface area is 115 Å². The third-order valence-corrected chi connectivity index (χ3v) is 2.90. The van der Waals surface area contributed by atoms with E-state index in [4.69, 9.17) is 9.84 Å². The van der Waals surface area contributed by atoms with Crippen LogP contribution in [0.5, 0.6) is 0 Å². The minimum absolute atomic E-state index is 0.00876. The average Bonchev–Trinajstić information content (AvgIpc) is 2.37. The molecule has 0 bridgehead atoms. The molecule has 0 aromatic carbocycles. The van der Waals surface area contributed by atoms with E-state index in [2.05, 4.69) is 18.2 Å². The topological polar surface area (TPSA) is 46.5 Å². The van der Waals surface area contributed by atoms with Crippen molar-refractivity contribution in [2.75, 3.05) is 6.61 Å². The van der Waals surface area contributed by atoms with Gasteiger partial charge in [-0.25, -0.2) is 4.79 Å². The molecule has 1 aliphatic carbocycles. The largest absolute Gasteiger partial charge is 0.494 e. The predicted octanol–water partition coefficient (Wildman–Crippen LogP) is 3.85. The van der Waals surface area contributed by atoms with Crippen molar-refractivity contribution < 1.29 is 14.6 Å². The van der Waals surface area contributed by atoms with E-state index in [-0.39, 0.29) is 5.92 Å². The average molecular weight is 262 g/mol. The van der Waals surface area contributed by atoms with E-state index >= 15 is 0 Å². The summed E-state index contributed by atoms with van der Waals surface area (Å²) in [5.41, 5.74) is 1.56. The highest BCUT2D eigenvalue weighted by Gasteiger charge is 2.10. The molecule has 3 heteroatoms. The summed E-state index contributed by atoms with van der Waals surface area (Å²) >= 11 is 0. The fourth-order valence-corrected chi connectivity index (χ4v) is 1.74. The number of aliphatic carboxylic acids is 1. The Hall–Kier alpha value is -1.77. The molecule has 0 atom stereocenters. The Morgan fingerprint density at radius 3 is 2.68 bits per heavy atom. The number of rotatable bonds is 6. The molecule has 1 rings (SSSR count). The first-order valence-corrected chi connectivity index (χ1v) is 6.61. The molecule has 0 amide bonds. The second-order valence-corrected chi connectivity index (χ2v) is 4.91. The lowest BCUT2D eigenvalue weighted by molar-refractivity contribution is -0.133. The SMILES string of the molecule is C/C(=C\C=C(\C(=O)O)C(C)C)OCC1=CCCC=C1. The van der Waals surface area contributed by atoms with Crippen LogP contribution in [-0.4, -0.2) is 17.7 Å². The van der Waals surface area contributed by atoms with E-state index in [1.165, 1.54) is 5.57 Å². The van der Waals surface area contributed by atoms with Crippen LogP contribution in [0, 0.1) is 5.92 Å². The van der Waals surface area contributed by atoms with Gasteiger partial charge in [-0.05, 0) is 43.4 Å². The van der Waals surface area contributed by atoms with E-state index in [9.17, 15) is 4.79 Å². The third kappa shape index (κ3) is 5.60. The summed E-state index contributed by atoms with van der Waals surface area (Å²) in [4.78, 5) is 11.0. The van der Waals surface area contributed by atoms with Gasteiger partial charge in [-0.2, -0.15) is 0 Å². The van der Waals surface area contributed by atoms with Gasteiger partial charge < -0.3 is 9.84 Å². The first-order chi connectivity index (χ1) is 9.00. The Morgan fingerprint density at radius 2 is 2.16 bits per heavy atom. The molecule has 1 N–H and O–H groups in total. The van der Waals surface area contributed by atoms with Gasteiger partial charge in [-0.15, -0.1) is 0 Å². The Kier molecular flexibility index (Phi) is 6.13. The van der Waals surface area contributed by atoms with Crippen molar-refractivity contribution in [2.24, 2.45) is 5.92 Å². The van der Waals surface area contributed by atoms with Gasteiger partial charge in [0.05, 0.1) is 5.76 Å². The number of ether oxygens (including phenoxy) is 1. The van der Waals surface area contributed by atoms with Crippen LogP contribution in [0.25, 0.3) is 0 Å². The van der Waals surface area contributed by atoms with E-state index in [0.29, 0.717) is 12.2 Å². The van der Waals surface area contributed by atoms with E-state index in [1.54, 1.807) is 12.2 Å². The molecule has 0 spiro atoms. The summed E-state index contributed by atoms with van der Waals surface area (Å²) in [5.74, 6) is -0.165. The van der Waals surface area contributed by atoms with E-state index < -0.39 is 5.97 Å². The number of hydrogen-bond donors (Lipinski definition) is 1. The molecule has 3 nitrogen and oxygen atoms in total. The maximum absolute atomic E-state index is 11.0. The third-order valence-electron chi connectivity index (χ3n) is 2.90. The summed E-state index contributed by atoms with van der Waals surface area (Å²) in [7, 11) is 0. The number of hydrogen-bond acceptors (Lipinski definition) is 2. The summed E-state index contributed by atoms with van der Waals surface area (Å²) in [5, 5.41) is 9.03. The zero-order valence-corrected chi connectivity index (χ0v) is 11.8.